The lowest BCUT2D eigenvalue weighted by Crippen LogP contribution is -2.15. The van der Waals surface area contributed by atoms with E-state index in [0.717, 1.165) is 12.5 Å². The van der Waals surface area contributed by atoms with Gasteiger partial charge in [-0.05, 0) is 26.2 Å². The van der Waals surface area contributed by atoms with Gasteiger partial charge in [-0.1, -0.05) is 32.1 Å². The van der Waals surface area contributed by atoms with E-state index in [0.29, 0.717) is 17.9 Å². The molecule has 2 rings (SSSR count). The van der Waals surface area contributed by atoms with Crippen molar-refractivity contribution in [1.29, 1.82) is 0 Å². The monoisotopic (exact) mass is 293 g/mol. The van der Waals surface area contributed by atoms with Crippen molar-refractivity contribution in [1.82, 2.24) is 15.0 Å². The van der Waals surface area contributed by atoms with Crippen LogP contribution in [0.4, 0.5) is 11.9 Å². The third kappa shape index (κ3) is 5.36. The summed E-state index contributed by atoms with van der Waals surface area (Å²) in [6, 6.07) is 0.365. The van der Waals surface area contributed by atoms with Crippen LogP contribution >= 0.6 is 0 Å². The minimum Gasteiger partial charge on any atom is -0.461 e. The van der Waals surface area contributed by atoms with Crippen molar-refractivity contribution in [3.05, 3.63) is 0 Å². The molecular formula is C15H27N5O. The zero-order valence-corrected chi connectivity index (χ0v) is 13.4. The average molecular weight is 293 g/mol. The van der Waals surface area contributed by atoms with Crippen LogP contribution in [0.15, 0.2) is 0 Å². The van der Waals surface area contributed by atoms with Gasteiger partial charge in [0.15, 0.2) is 0 Å². The Morgan fingerprint density at radius 3 is 2.48 bits per heavy atom. The molecule has 6 heteroatoms. The van der Waals surface area contributed by atoms with Crippen LogP contribution in [0.3, 0.4) is 0 Å². The highest BCUT2D eigenvalue weighted by Gasteiger charge is 2.13. The van der Waals surface area contributed by atoms with Crippen molar-refractivity contribution in [2.24, 2.45) is 5.92 Å². The molecule has 21 heavy (non-hydrogen) atoms. The van der Waals surface area contributed by atoms with Gasteiger partial charge < -0.3 is 15.4 Å². The molecule has 0 radical (unpaired) electrons. The second-order valence-electron chi connectivity index (χ2n) is 5.90. The van der Waals surface area contributed by atoms with Gasteiger partial charge in [0.1, 0.15) is 0 Å². The Kier molecular flexibility index (Phi) is 6.02. The molecule has 0 spiro atoms. The van der Waals surface area contributed by atoms with Crippen LogP contribution in [0.25, 0.3) is 0 Å². The molecule has 0 bridgehead atoms. The van der Waals surface area contributed by atoms with Crippen LogP contribution in [-0.2, 0) is 0 Å². The molecule has 1 saturated carbocycles. The summed E-state index contributed by atoms with van der Waals surface area (Å²) in [6.07, 6.45) is 8.12. The number of aromatic nitrogens is 3. The van der Waals surface area contributed by atoms with Gasteiger partial charge in [-0.2, -0.15) is 15.0 Å². The summed E-state index contributed by atoms with van der Waals surface area (Å²) in [6.45, 7) is 4.82. The predicted octanol–water partition coefficient (Wildman–Crippen LogP) is 3.08. The largest absolute Gasteiger partial charge is 0.461 e. The van der Waals surface area contributed by atoms with Crippen LogP contribution in [0.5, 0.6) is 6.01 Å². The molecule has 1 fully saturated rings. The van der Waals surface area contributed by atoms with Crippen molar-refractivity contribution < 1.29 is 4.74 Å². The van der Waals surface area contributed by atoms with E-state index in [4.69, 9.17) is 4.74 Å². The molecular weight excluding hydrogens is 266 g/mol. The zero-order valence-electron chi connectivity index (χ0n) is 13.4. The third-order valence-electron chi connectivity index (χ3n) is 3.74. The maximum absolute atomic E-state index is 5.55. The number of anilines is 2. The molecule has 2 N–H and O–H groups in total. The first-order valence-corrected chi connectivity index (χ1v) is 8.01. The van der Waals surface area contributed by atoms with E-state index in [9.17, 15) is 0 Å². The van der Waals surface area contributed by atoms with E-state index >= 15 is 0 Å². The van der Waals surface area contributed by atoms with Gasteiger partial charge in [0.25, 0.3) is 0 Å². The Balaban J connectivity index is 1.88. The first-order valence-electron chi connectivity index (χ1n) is 8.01. The zero-order chi connectivity index (χ0) is 15.1. The van der Waals surface area contributed by atoms with Crippen molar-refractivity contribution >= 4 is 11.9 Å². The van der Waals surface area contributed by atoms with Gasteiger partial charge in [0.2, 0.25) is 11.9 Å². The predicted molar refractivity (Wildman–Crippen MR) is 84.8 cm³/mol. The topological polar surface area (TPSA) is 72.0 Å². The molecule has 118 valence electrons. The van der Waals surface area contributed by atoms with Crippen LogP contribution in [0.1, 0.15) is 52.4 Å². The summed E-state index contributed by atoms with van der Waals surface area (Å²) in [5, 5.41) is 6.24. The molecule has 1 aromatic rings. The highest BCUT2D eigenvalue weighted by molar-refractivity contribution is 5.35. The molecule has 0 amide bonds. The lowest BCUT2D eigenvalue weighted by Gasteiger charge is -2.21. The van der Waals surface area contributed by atoms with Crippen molar-refractivity contribution in [2.75, 3.05) is 24.2 Å². The number of hydrogen-bond donors (Lipinski definition) is 2. The van der Waals surface area contributed by atoms with Crippen LogP contribution in [-0.4, -0.2) is 34.6 Å². The second kappa shape index (κ2) is 8.00. The maximum Gasteiger partial charge on any atom is 0.323 e. The van der Waals surface area contributed by atoms with Gasteiger partial charge in [-0.25, -0.2) is 0 Å². The van der Waals surface area contributed by atoms with E-state index in [-0.39, 0.29) is 6.10 Å². The van der Waals surface area contributed by atoms with Crippen LogP contribution < -0.4 is 15.4 Å². The number of nitrogens with zero attached hydrogens (tertiary/aromatic N) is 3. The molecule has 1 heterocycles. The highest BCUT2D eigenvalue weighted by atomic mass is 16.5. The van der Waals surface area contributed by atoms with Crippen LogP contribution in [0.2, 0.25) is 0 Å². The van der Waals surface area contributed by atoms with E-state index < -0.39 is 0 Å². The summed E-state index contributed by atoms with van der Waals surface area (Å²) in [7, 11) is 1.79. The number of rotatable bonds is 7. The fraction of sp³-hybridized carbons (Fsp3) is 0.800. The summed E-state index contributed by atoms with van der Waals surface area (Å²) in [5.41, 5.74) is 0. The fourth-order valence-electron chi connectivity index (χ4n) is 2.67. The van der Waals surface area contributed by atoms with E-state index in [1.807, 2.05) is 13.8 Å². The lowest BCUT2D eigenvalue weighted by molar-refractivity contribution is 0.222. The van der Waals surface area contributed by atoms with Crippen molar-refractivity contribution in [3.63, 3.8) is 0 Å². The molecule has 1 aromatic heterocycles. The first-order chi connectivity index (χ1) is 10.2. The molecule has 0 atom stereocenters. The Hall–Kier alpha value is -1.59. The van der Waals surface area contributed by atoms with E-state index in [1.54, 1.807) is 7.05 Å². The normalized spacial score (nSPS) is 16.0. The molecule has 1 aliphatic carbocycles. The van der Waals surface area contributed by atoms with Crippen molar-refractivity contribution in [2.45, 2.75) is 58.5 Å². The minimum absolute atomic E-state index is 0.0483. The highest BCUT2D eigenvalue weighted by Crippen LogP contribution is 2.26. The second-order valence-corrected chi connectivity index (χ2v) is 5.90. The van der Waals surface area contributed by atoms with Gasteiger partial charge in [-0.3, -0.25) is 0 Å². The number of hydrogen-bond acceptors (Lipinski definition) is 6. The molecule has 0 saturated heterocycles. The average Bonchev–Trinajstić information content (AvgIpc) is 2.47. The van der Waals surface area contributed by atoms with Gasteiger partial charge in [-0.15, -0.1) is 0 Å². The van der Waals surface area contributed by atoms with Crippen molar-refractivity contribution in [3.8, 4) is 6.01 Å². The molecule has 1 aliphatic rings. The first kappa shape index (κ1) is 15.8. The Labute approximate surface area is 127 Å². The Morgan fingerprint density at radius 1 is 1.10 bits per heavy atom. The van der Waals surface area contributed by atoms with E-state index in [2.05, 4.69) is 25.6 Å². The summed E-state index contributed by atoms with van der Waals surface area (Å²) in [5.74, 6) is 1.96. The molecule has 0 aliphatic heterocycles. The minimum atomic E-state index is 0.0483. The lowest BCUT2D eigenvalue weighted by atomic mass is 9.87. The quantitative estimate of drug-likeness (QED) is 0.805. The Bertz CT molecular complexity index is 432. The summed E-state index contributed by atoms with van der Waals surface area (Å²) in [4.78, 5) is 12.8. The molecule has 0 unspecified atom stereocenters. The van der Waals surface area contributed by atoms with Gasteiger partial charge in [0, 0.05) is 13.6 Å². The number of ether oxygens (including phenoxy) is 1. The smallest absolute Gasteiger partial charge is 0.323 e. The van der Waals surface area contributed by atoms with Crippen LogP contribution in [0, 0.1) is 5.92 Å². The maximum atomic E-state index is 5.55. The van der Waals surface area contributed by atoms with Gasteiger partial charge in [0.05, 0.1) is 6.10 Å². The number of nitrogens with one attached hydrogen (secondary N) is 2. The fourth-order valence-corrected chi connectivity index (χ4v) is 2.67. The summed E-state index contributed by atoms with van der Waals surface area (Å²) < 4.78 is 5.55. The summed E-state index contributed by atoms with van der Waals surface area (Å²) >= 11 is 0. The standard InChI is InChI=1S/C15H27N5O/c1-11(2)21-15-19-13(16-3)18-14(20-15)17-10-9-12-7-5-4-6-8-12/h11-12H,4-10H2,1-3H3,(H2,16,17,18,19,20). The third-order valence-corrected chi connectivity index (χ3v) is 3.74. The molecule has 6 nitrogen and oxygen atoms in total. The van der Waals surface area contributed by atoms with Gasteiger partial charge >= 0.3 is 6.01 Å². The Morgan fingerprint density at radius 2 is 1.81 bits per heavy atom. The van der Waals surface area contributed by atoms with E-state index in [1.165, 1.54) is 38.5 Å². The SMILES string of the molecule is CNc1nc(NCCC2CCCCC2)nc(OC(C)C)n1. The molecule has 0 aromatic carbocycles.